The first-order chi connectivity index (χ1) is 6.72. The van der Waals surface area contributed by atoms with Crippen molar-refractivity contribution in [2.24, 2.45) is 0 Å². The van der Waals surface area contributed by atoms with Crippen LogP contribution >= 0.6 is 11.3 Å². The highest BCUT2D eigenvalue weighted by Gasteiger charge is 2.09. The van der Waals surface area contributed by atoms with Gasteiger partial charge in [0.25, 0.3) is 0 Å². The van der Waals surface area contributed by atoms with Gasteiger partial charge >= 0.3 is 0 Å². The second kappa shape index (κ2) is 3.38. The first-order valence-electron chi connectivity index (χ1n) is 4.36. The maximum Gasteiger partial charge on any atom is 0.133 e. The Bertz CT molecular complexity index is 464. The molecule has 0 spiro atoms. The molecule has 2 rings (SSSR count). The van der Waals surface area contributed by atoms with Gasteiger partial charge in [-0.15, -0.1) is 11.3 Å². The molecular weight excluding hydrogens is 198 g/mol. The molecule has 14 heavy (non-hydrogen) atoms. The molecule has 0 saturated carbocycles. The van der Waals surface area contributed by atoms with Gasteiger partial charge in [-0.1, -0.05) is 0 Å². The molecule has 74 valence electrons. The molecule has 0 radical (unpaired) electrons. The molecule has 1 heterocycles. The van der Waals surface area contributed by atoms with E-state index >= 15 is 0 Å². The van der Waals surface area contributed by atoms with E-state index in [2.05, 4.69) is 0 Å². The lowest BCUT2D eigenvalue weighted by Gasteiger charge is -2.04. The minimum atomic E-state index is 0.255. The van der Waals surface area contributed by atoms with Gasteiger partial charge in [0.2, 0.25) is 0 Å². The third-order valence-electron chi connectivity index (χ3n) is 1.94. The van der Waals surface area contributed by atoms with Crippen molar-refractivity contribution in [3.05, 3.63) is 18.2 Å². The lowest BCUT2D eigenvalue weighted by Crippen LogP contribution is -1.90. The van der Waals surface area contributed by atoms with E-state index in [1.54, 1.807) is 12.1 Å². The number of nitrogens with two attached hydrogens (primary N) is 1. The van der Waals surface area contributed by atoms with Crippen LogP contribution in [0.15, 0.2) is 18.2 Å². The summed E-state index contributed by atoms with van der Waals surface area (Å²) in [5, 5.41) is 11.1. The molecule has 3 N–H and O–H groups in total. The maximum absolute atomic E-state index is 9.58. The lowest BCUT2D eigenvalue weighted by molar-refractivity contribution is 0.344. The van der Waals surface area contributed by atoms with Crippen LogP contribution in [0.4, 0.5) is 5.00 Å². The number of benzene rings is 1. The average Bonchev–Trinajstić information content (AvgIpc) is 2.53. The van der Waals surface area contributed by atoms with Crippen molar-refractivity contribution >= 4 is 26.4 Å². The highest BCUT2D eigenvalue weighted by atomic mass is 32.1. The van der Waals surface area contributed by atoms with E-state index in [-0.39, 0.29) is 5.75 Å². The van der Waals surface area contributed by atoms with Crippen LogP contribution in [0.25, 0.3) is 10.1 Å². The molecule has 0 atom stereocenters. The maximum atomic E-state index is 9.58. The molecule has 0 aliphatic rings. The molecule has 1 aromatic heterocycles. The molecule has 0 aliphatic carbocycles. The largest absolute Gasteiger partial charge is 0.506 e. The number of hydrogen-bond donors (Lipinski definition) is 2. The molecular formula is C10H11NO2S. The van der Waals surface area contributed by atoms with Gasteiger partial charge in [-0.25, -0.2) is 0 Å². The molecule has 0 aliphatic heterocycles. The number of ether oxygens (including phenoxy) is 1. The fraction of sp³-hybridized carbons (Fsp3) is 0.200. The number of rotatable bonds is 2. The van der Waals surface area contributed by atoms with Crippen LogP contribution in [-0.4, -0.2) is 11.7 Å². The molecule has 0 bridgehead atoms. The fourth-order valence-electron chi connectivity index (χ4n) is 1.38. The fourth-order valence-corrected chi connectivity index (χ4v) is 2.24. The zero-order valence-electron chi connectivity index (χ0n) is 7.78. The Kier molecular flexibility index (Phi) is 2.21. The number of aromatic hydroxyl groups is 1. The van der Waals surface area contributed by atoms with Crippen LogP contribution in [0.5, 0.6) is 11.5 Å². The molecule has 1 aromatic carbocycles. The first kappa shape index (κ1) is 9.15. The lowest BCUT2D eigenvalue weighted by atomic mass is 10.2. The van der Waals surface area contributed by atoms with Crippen molar-refractivity contribution in [1.29, 1.82) is 0 Å². The Balaban J connectivity index is 2.68. The zero-order chi connectivity index (χ0) is 10.1. The summed E-state index contributed by atoms with van der Waals surface area (Å²) in [5.74, 6) is 1.03. The molecule has 3 nitrogen and oxygen atoms in total. The molecule has 0 unspecified atom stereocenters. The van der Waals surface area contributed by atoms with Crippen LogP contribution in [0.3, 0.4) is 0 Å². The zero-order valence-corrected chi connectivity index (χ0v) is 8.60. The van der Waals surface area contributed by atoms with Gasteiger partial charge in [0, 0.05) is 5.39 Å². The van der Waals surface area contributed by atoms with Crippen LogP contribution in [0.2, 0.25) is 0 Å². The second-order valence-electron chi connectivity index (χ2n) is 2.91. The third kappa shape index (κ3) is 1.37. The minimum Gasteiger partial charge on any atom is -0.506 e. The van der Waals surface area contributed by atoms with Crippen molar-refractivity contribution in [2.75, 3.05) is 12.3 Å². The van der Waals surface area contributed by atoms with E-state index in [0.29, 0.717) is 11.6 Å². The molecule has 4 heteroatoms. The van der Waals surface area contributed by atoms with Crippen LogP contribution in [0, 0.1) is 0 Å². The number of fused-ring (bicyclic) bond motifs is 1. The van der Waals surface area contributed by atoms with Crippen LogP contribution < -0.4 is 10.5 Å². The highest BCUT2D eigenvalue weighted by Crippen LogP contribution is 2.39. The summed E-state index contributed by atoms with van der Waals surface area (Å²) in [6.07, 6.45) is 0. The second-order valence-corrected chi connectivity index (χ2v) is 3.99. The van der Waals surface area contributed by atoms with Crippen molar-refractivity contribution in [3.8, 4) is 11.5 Å². The topological polar surface area (TPSA) is 55.5 Å². The first-order valence-corrected chi connectivity index (χ1v) is 5.17. The standard InChI is InChI=1S/C10H11NO2S/c1-2-13-8-4-3-7(12)10-6(8)5-9(11)14-10/h3-5,12H,2,11H2,1H3. The summed E-state index contributed by atoms with van der Waals surface area (Å²) in [6, 6.07) is 5.21. The van der Waals surface area contributed by atoms with E-state index in [0.717, 1.165) is 15.8 Å². The number of thiophene rings is 1. The summed E-state index contributed by atoms with van der Waals surface area (Å²) >= 11 is 1.37. The Morgan fingerprint density at radius 2 is 2.29 bits per heavy atom. The van der Waals surface area contributed by atoms with E-state index in [1.165, 1.54) is 11.3 Å². The SMILES string of the molecule is CCOc1ccc(O)c2sc(N)cc12. The van der Waals surface area contributed by atoms with Crippen LogP contribution in [-0.2, 0) is 0 Å². The smallest absolute Gasteiger partial charge is 0.133 e. The monoisotopic (exact) mass is 209 g/mol. The number of nitrogen functional groups attached to an aromatic ring is 1. The van der Waals surface area contributed by atoms with Gasteiger partial charge < -0.3 is 15.6 Å². The van der Waals surface area contributed by atoms with E-state index in [1.807, 2.05) is 13.0 Å². The third-order valence-corrected chi connectivity index (χ3v) is 2.93. The van der Waals surface area contributed by atoms with Gasteiger partial charge in [-0.05, 0) is 25.1 Å². The summed E-state index contributed by atoms with van der Waals surface area (Å²) in [4.78, 5) is 0. The summed E-state index contributed by atoms with van der Waals surface area (Å²) in [6.45, 7) is 2.53. The number of anilines is 1. The van der Waals surface area contributed by atoms with E-state index in [9.17, 15) is 5.11 Å². The van der Waals surface area contributed by atoms with Crippen molar-refractivity contribution in [2.45, 2.75) is 6.92 Å². The van der Waals surface area contributed by atoms with Gasteiger partial charge in [0.05, 0.1) is 16.3 Å². The number of phenolic OH excluding ortho intramolecular Hbond substituents is 1. The van der Waals surface area contributed by atoms with Crippen LogP contribution in [0.1, 0.15) is 6.92 Å². The van der Waals surface area contributed by atoms with Crippen molar-refractivity contribution < 1.29 is 9.84 Å². The average molecular weight is 209 g/mol. The van der Waals surface area contributed by atoms with Gasteiger partial charge in [0.1, 0.15) is 11.5 Å². The number of phenols is 1. The minimum absolute atomic E-state index is 0.255. The van der Waals surface area contributed by atoms with Gasteiger partial charge in [-0.3, -0.25) is 0 Å². The Hall–Kier alpha value is -1.42. The van der Waals surface area contributed by atoms with Gasteiger partial charge in [0.15, 0.2) is 0 Å². The van der Waals surface area contributed by atoms with E-state index in [4.69, 9.17) is 10.5 Å². The highest BCUT2D eigenvalue weighted by molar-refractivity contribution is 7.23. The molecule has 0 fully saturated rings. The predicted molar refractivity (Wildman–Crippen MR) is 59.1 cm³/mol. The Morgan fingerprint density at radius 3 is 3.00 bits per heavy atom. The summed E-state index contributed by atoms with van der Waals surface area (Å²) < 4.78 is 6.21. The van der Waals surface area contributed by atoms with Crippen molar-refractivity contribution in [3.63, 3.8) is 0 Å². The van der Waals surface area contributed by atoms with Gasteiger partial charge in [-0.2, -0.15) is 0 Å². The van der Waals surface area contributed by atoms with E-state index < -0.39 is 0 Å². The number of hydrogen-bond acceptors (Lipinski definition) is 4. The molecule has 0 saturated heterocycles. The Labute approximate surface area is 85.7 Å². The molecule has 2 aromatic rings. The summed E-state index contributed by atoms with van der Waals surface area (Å²) in [5.41, 5.74) is 5.68. The molecule has 0 amide bonds. The summed E-state index contributed by atoms with van der Waals surface area (Å²) in [7, 11) is 0. The Morgan fingerprint density at radius 1 is 1.50 bits per heavy atom. The normalized spacial score (nSPS) is 10.6. The predicted octanol–water partition coefficient (Wildman–Crippen LogP) is 2.59. The van der Waals surface area contributed by atoms with Crippen molar-refractivity contribution in [1.82, 2.24) is 0 Å². The quantitative estimate of drug-likeness (QED) is 0.799.